The molecule has 1 fully saturated rings. The largest absolute Gasteiger partial charge is 0.341 e. The summed E-state index contributed by atoms with van der Waals surface area (Å²) in [5.74, 6) is -0.0682. The number of nitrogens with one attached hydrogen (secondary N) is 1. The van der Waals surface area contributed by atoms with E-state index in [1.807, 2.05) is 13.8 Å². The third-order valence-electron chi connectivity index (χ3n) is 2.68. The van der Waals surface area contributed by atoms with Crippen molar-refractivity contribution in [3.05, 3.63) is 0 Å². The zero-order chi connectivity index (χ0) is 10.9. The predicted octanol–water partition coefficient (Wildman–Crippen LogP) is 0.522. The molecule has 14 heavy (non-hydrogen) atoms. The number of hydrogen-bond acceptors (Lipinski definition) is 2. The molecule has 0 aliphatic carbocycles. The van der Waals surface area contributed by atoms with Gasteiger partial charge < -0.3 is 10.2 Å². The fourth-order valence-electron chi connectivity index (χ4n) is 1.60. The van der Waals surface area contributed by atoms with Crippen LogP contribution in [0.5, 0.6) is 0 Å². The van der Waals surface area contributed by atoms with Gasteiger partial charge in [0.1, 0.15) is 5.54 Å². The highest BCUT2D eigenvalue weighted by molar-refractivity contribution is 5.97. The van der Waals surface area contributed by atoms with Crippen LogP contribution in [0, 0.1) is 0 Å². The smallest absolute Gasteiger partial charge is 0.248 e. The van der Waals surface area contributed by atoms with Gasteiger partial charge in [0, 0.05) is 6.04 Å². The average molecular weight is 198 g/mol. The molecule has 0 aromatic carbocycles. The van der Waals surface area contributed by atoms with E-state index in [0.29, 0.717) is 0 Å². The third-order valence-corrected chi connectivity index (χ3v) is 2.68. The molecule has 1 heterocycles. The van der Waals surface area contributed by atoms with Crippen LogP contribution in [0.25, 0.3) is 0 Å². The zero-order valence-corrected chi connectivity index (χ0v) is 9.26. The minimum Gasteiger partial charge on any atom is -0.341 e. The molecule has 1 aliphatic rings. The minimum atomic E-state index is -0.751. The van der Waals surface area contributed by atoms with E-state index in [0.717, 1.165) is 6.42 Å². The monoisotopic (exact) mass is 198 g/mol. The van der Waals surface area contributed by atoms with E-state index in [-0.39, 0.29) is 24.4 Å². The molecule has 0 radical (unpaired) electrons. The Morgan fingerprint density at radius 3 is 2.57 bits per heavy atom. The number of nitrogens with zero attached hydrogens (tertiary/aromatic N) is 1. The molecule has 4 nitrogen and oxygen atoms in total. The Labute approximate surface area is 84.7 Å². The van der Waals surface area contributed by atoms with Crippen molar-refractivity contribution in [1.82, 2.24) is 10.2 Å². The first-order valence-electron chi connectivity index (χ1n) is 5.00. The van der Waals surface area contributed by atoms with Gasteiger partial charge in [0.05, 0.1) is 6.54 Å². The van der Waals surface area contributed by atoms with Crippen LogP contribution in [0.4, 0.5) is 0 Å². The molecular weight excluding hydrogens is 180 g/mol. The van der Waals surface area contributed by atoms with Gasteiger partial charge in [-0.3, -0.25) is 9.59 Å². The molecule has 0 saturated carbocycles. The summed E-state index contributed by atoms with van der Waals surface area (Å²) in [4.78, 5) is 24.9. The van der Waals surface area contributed by atoms with Gasteiger partial charge in [0.2, 0.25) is 11.8 Å². The van der Waals surface area contributed by atoms with Crippen molar-refractivity contribution in [2.75, 3.05) is 6.54 Å². The quantitative estimate of drug-likeness (QED) is 0.703. The van der Waals surface area contributed by atoms with E-state index in [2.05, 4.69) is 5.32 Å². The first-order valence-corrected chi connectivity index (χ1v) is 5.00. The molecule has 80 valence electrons. The Balaban J connectivity index is 2.86. The molecule has 1 unspecified atom stereocenters. The number of carbonyl (C=O) groups is 2. The fraction of sp³-hybridized carbons (Fsp3) is 0.800. The van der Waals surface area contributed by atoms with Gasteiger partial charge in [-0.1, -0.05) is 6.92 Å². The van der Waals surface area contributed by atoms with Crippen molar-refractivity contribution in [2.24, 2.45) is 0 Å². The van der Waals surface area contributed by atoms with Crippen LogP contribution in [0.3, 0.4) is 0 Å². The van der Waals surface area contributed by atoms with Gasteiger partial charge in [-0.2, -0.15) is 0 Å². The molecule has 0 aromatic rings. The van der Waals surface area contributed by atoms with E-state index in [1.54, 1.807) is 18.7 Å². The van der Waals surface area contributed by atoms with Crippen LogP contribution in [0.1, 0.15) is 34.1 Å². The second kappa shape index (κ2) is 3.59. The van der Waals surface area contributed by atoms with Gasteiger partial charge in [-0.25, -0.2) is 0 Å². The lowest BCUT2D eigenvalue weighted by atomic mass is 9.99. The zero-order valence-electron chi connectivity index (χ0n) is 9.26. The number of amides is 2. The maximum absolute atomic E-state index is 11.9. The van der Waals surface area contributed by atoms with Crippen molar-refractivity contribution in [1.29, 1.82) is 0 Å². The Morgan fingerprint density at radius 2 is 2.07 bits per heavy atom. The molecular formula is C10H18N2O2. The summed E-state index contributed by atoms with van der Waals surface area (Å²) in [6.45, 7) is 7.64. The Morgan fingerprint density at radius 1 is 1.50 bits per heavy atom. The average Bonchev–Trinajstić information content (AvgIpc) is 2.09. The molecule has 2 amide bonds. The summed E-state index contributed by atoms with van der Waals surface area (Å²) in [5, 5.41) is 2.68. The Hall–Kier alpha value is -1.06. The van der Waals surface area contributed by atoms with E-state index in [4.69, 9.17) is 0 Å². The Kier molecular flexibility index (Phi) is 2.83. The lowest BCUT2D eigenvalue weighted by Gasteiger charge is -2.40. The van der Waals surface area contributed by atoms with Crippen molar-refractivity contribution in [2.45, 2.75) is 45.7 Å². The van der Waals surface area contributed by atoms with Gasteiger partial charge in [-0.05, 0) is 27.2 Å². The molecule has 1 N–H and O–H groups in total. The highest BCUT2D eigenvalue weighted by Gasteiger charge is 2.40. The van der Waals surface area contributed by atoms with Crippen molar-refractivity contribution >= 4 is 11.8 Å². The first kappa shape index (κ1) is 11.0. The minimum absolute atomic E-state index is 0.00597. The van der Waals surface area contributed by atoms with Crippen LogP contribution in [-0.4, -0.2) is 34.8 Å². The van der Waals surface area contributed by atoms with Gasteiger partial charge in [0.25, 0.3) is 0 Å². The van der Waals surface area contributed by atoms with Crippen LogP contribution < -0.4 is 5.32 Å². The molecule has 1 aliphatic heterocycles. The summed E-state index contributed by atoms with van der Waals surface area (Å²) in [7, 11) is 0. The van der Waals surface area contributed by atoms with Crippen LogP contribution in [-0.2, 0) is 9.59 Å². The van der Waals surface area contributed by atoms with Crippen LogP contribution in [0.2, 0.25) is 0 Å². The van der Waals surface area contributed by atoms with E-state index in [9.17, 15) is 9.59 Å². The first-order chi connectivity index (χ1) is 6.38. The van der Waals surface area contributed by atoms with Gasteiger partial charge in [-0.15, -0.1) is 0 Å². The molecule has 4 heteroatoms. The second-order valence-electron chi connectivity index (χ2n) is 4.36. The third kappa shape index (κ3) is 1.89. The maximum atomic E-state index is 11.9. The fourth-order valence-corrected chi connectivity index (χ4v) is 1.60. The molecule has 0 spiro atoms. The normalized spacial score (nSPS) is 23.3. The lowest BCUT2D eigenvalue weighted by molar-refractivity contribution is -0.150. The standard InChI is InChI=1S/C10H18N2O2/c1-5-7(2)12-6-8(13)11-10(3,4)9(12)14/h7H,5-6H2,1-4H3,(H,11,13). The van der Waals surface area contributed by atoms with E-state index >= 15 is 0 Å². The second-order valence-corrected chi connectivity index (χ2v) is 4.36. The highest BCUT2D eigenvalue weighted by atomic mass is 16.2. The predicted molar refractivity (Wildman–Crippen MR) is 53.7 cm³/mol. The highest BCUT2D eigenvalue weighted by Crippen LogP contribution is 2.16. The van der Waals surface area contributed by atoms with E-state index < -0.39 is 5.54 Å². The summed E-state index contributed by atoms with van der Waals surface area (Å²) in [5.41, 5.74) is -0.751. The van der Waals surface area contributed by atoms with Gasteiger partial charge in [0.15, 0.2) is 0 Å². The van der Waals surface area contributed by atoms with Crippen LogP contribution >= 0.6 is 0 Å². The number of piperazine rings is 1. The topological polar surface area (TPSA) is 49.4 Å². The maximum Gasteiger partial charge on any atom is 0.248 e. The summed E-state index contributed by atoms with van der Waals surface area (Å²) in [6.07, 6.45) is 0.870. The van der Waals surface area contributed by atoms with Gasteiger partial charge >= 0.3 is 0 Å². The molecule has 1 atom stereocenters. The summed E-state index contributed by atoms with van der Waals surface area (Å²) >= 11 is 0. The number of hydrogen-bond donors (Lipinski definition) is 1. The van der Waals surface area contributed by atoms with Crippen molar-refractivity contribution in [3.63, 3.8) is 0 Å². The van der Waals surface area contributed by atoms with E-state index in [1.165, 1.54) is 0 Å². The lowest BCUT2D eigenvalue weighted by Crippen LogP contribution is -2.65. The molecule has 1 saturated heterocycles. The molecule has 0 bridgehead atoms. The van der Waals surface area contributed by atoms with Crippen molar-refractivity contribution < 1.29 is 9.59 Å². The number of carbonyl (C=O) groups excluding carboxylic acids is 2. The summed E-state index contributed by atoms with van der Waals surface area (Å²) < 4.78 is 0. The molecule has 1 rings (SSSR count). The summed E-state index contributed by atoms with van der Waals surface area (Å²) in [6, 6.07) is 0.132. The SMILES string of the molecule is CCC(C)N1CC(=O)NC(C)(C)C1=O. The Bertz CT molecular complexity index is 261. The number of rotatable bonds is 2. The van der Waals surface area contributed by atoms with Crippen molar-refractivity contribution in [3.8, 4) is 0 Å². The van der Waals surface area contributed by atoms with Crippen LogP contribution in [0.15, 0.2) is 0 Å². The molecule has 0 aromatic heterocycles.